The van der Waals surface area contributed by atoms with Crippen molar-refractivity contribution in [3.05, 3.63) is 29.7 Å². The van der Waals surface area contributed by atoms with E-state index in [4.69, 9.17) is 4.42 Å². The molecule has 1 aliphatic carbocycles. The Bertz CT molecular complexity index is 722. The highest BCUT2D eigenvalue weighted by atomic mass is 32.2. The highest BCUT2D eigenvalue weighted by molar-refractivity contribution is 7.91. The third-order valence-corrected chi connectivity index (χ3v) is 6.85. The molecule has 7 heteroatoms. The summed E-state index contributed by atoms with van der Waals surface area (Å²) in [5.41, 5.74) is 1.96. The molecule has 5 nitrogen and oxygen atoms in total. The summed E-state index contributed by atoms with van der Waals surface area (Å²) in [5, 5.41) is 2.72. The van der Waals surface area contributed by atoms with E-state index in [0.29, 0.717) is 6.54 Å². The third kappa shape index (κ3) is 3.26. The van der Waals surface area contributed by atoms with Crippen molar-refractivity contribution >= 4 is 21.2 Å². The van der Waals surface area contributed by atoms with Gasteiger partial charge in [0.25, 0.3) is 0 Å². The molecule has 120 valence electrons. The molecule has 0 aromatic carbocycles. The van der Waals surface area contributed by atoms with Crippen molar-refractivity contribution in [2.24, 2.45) is 0 Å². The average molecular weight is 340 g/mol. The lowest BCUT2D eigenvalue weighted by atomic mass is 10.2. The van der Waals surface area contributed by atoms with E-state index in [0.717, 1.165) is 35.5 Å². The van der Waals surface area contributed by atoms with Crippen molar-refractivity contribution in [2.75, 3.05) is 13.3 Å². The van der Waals surface area contributed by atoms with E-state index < -0.39 is 9.84 Å². The molecule has 0 saturated heterocycles. The second kappa shape index (κ2) is 6.14. The largest absolute Gasteiger partial charge is 0.472 e. The van der Waals surface area contributed by atoms with Crippen LogP contribution in [0.5, 0.6) is 0 Å². The summed E-state index contributed by atoms with van der Waals surface area (Å²) in [6.07, 6.45) is 7.35. The summed E-state index contributed by atoms with van der Waals surface area (Å²) in [5.74, 6) is 0. The standard InChI is InChI=1S/C15H20N2O3S2/c1-17(13-4-3-5-14(13)22(2,18)19)8-12-10-21-15(16-12)11-6-7-20-9-11/h6-7,9-10,13-14H,3-5,8H2,1-2H3/t13-,14+/m0/s1. The van der Waals surface area contributed by atoms with E-state index in [9.17, 15) is 8.42 Å². The maximum absolute atomic E-state index is 11.9. The van der Waals surface area contributed by atoms with Gasteiger partial charge in [0.15, 0.2) is 9.84 Å². The molecule has 0 aliphatic heterocycles. The Morgan fingerprint density at radius 3 is 2.95 bits per heavy atom. The lowest BCUT2D eigenvalue weighted by molar-refractivity contribution is 0.236. The highest BCUT2D eigenvalue weighted by Gasteiger charge is 2.37. The fraction of sp³-hybridized carbons (Fsp3) is 0.533. The highest BCUT2D eigenvalue weighted by Crippen LogP contribution is 2.30. The molecule has 2 heterocycles. The zero-order valence-corrected chi connectivity index (χ0v) is 14.4. The number of hydrogen-bond acceptors (Lipinski definition) is 6. The van der Waals surface area contributed by atoms with Crippen LogP contribution in [0.25, 0.3) is 10.6 Å². The number of sulfone groups is 1. The zero-order valence-electron chi connectivity index (χ0n) is 12.7. The first kappa shape index (κ1) is 15.7. The number of furan rings is 1. The van der Waals surface area contributed by atoms with Gasteiger partial charge in [0.05, 0.1) is 17.2 Å². The molecular weight excluding hydrogens is 320 g/mol. The molecule has 0 unspecified atom stereocenters. The summed E-state index contributed by atoms with van der Waals surface area (Å²) in [6, 6.07) is 1.98. The van der Waals surface area contributed by atoms with Crippen LogP contribution >= 0.6 is 11.3 Å². The van der Waals surface area contributed by atoms with Gasteiger partial charge in [-0.3, -0.25) is 4.90 Å². The van der Waals surface area contributed by atoms with Crippen LogP contribution in [-0.4, -0.2) is 42.9 Å². The normalized spacial score (nSPS) is 22.5. The Kier molecular flexibility index (Phi) is 4.38. The number of nitrogens with zero attached hydrogens (tertiary/aromatic N) is 2. The predicted molar refractivity (Wildman–Crippen MR) is 87.6 cm³/mol. The second-order valence-corrected chi connectivity index (χ2v) is 9.06. The Morgan fingerprint density at radius 1 is 1.45 bits per heavy atom. The van der Waals surface area contributed by atoms with Crippen LogP contribution in [0.4, 0.5) is 0 Å². The third-order valence-electron chi connectivity index (χ3n) is 4.27. The minimum absolute atomic E-state index is 0.0917. The van der Waals surface area contributed by atoms with Gasteiger partial charge in [-0.2, -0.15) is 0 Å². The van der Waals surface area contributed by atoms with Gasteiger partial charge in [-0.05, 0) is 26.0 Å². The summed E-state index contributed by atoms with van der Waals surface area (Å²) < 4.78 is 28.9. The van der Waals surface area contributed by atoms with Gasteiger partial charge in [0.2, 0.25) is 0 Å². The maximum Gasteiger partial charge on any atom is 0.151 e. The predicted octanol–water partition coefficient (Wildman–Crippen LogP) is 2.80. The molecule has 2 aromatic heterocycles. The van der Waals surface area contributed by atoms with Crippen molar-refractivity contribution in [3.63, 3.8) is 0 Å². The smallest absolute Gasteiger partial charge is 0.151 e. The molecule has 2 aromatic rings. The van der Waals surface area contributed by atoms with Crippen molar-refractivity contribution < 1.29 is 12.8 Å². The Hall–Kier alpha value is -1.18. The molecule has 0 bridgehead atoms. The molecule has 0 amide bonds. The number of hydrogen-bond donors (Lipinski definition) is 0. The minimum atomic E-state index is -2.99. The quantitative estimate of drug-likeness (QED) is 0.837. The fourth-order valence-corrected chi connectivity index (χ4v) is 5.49. The number of rotatable bonds is 5. The Labute approximate surface area is 134 Å². The first-order valence-electron chi connectivity index (χ1n) is 7.31. The van der Waals surface area contributed by atoms with Gasteiger partial charge in [-0.1, -0.05) is 6.42 Å². The summed E-state index contributed by atoms with van der Waals surface area (Å²) in [4.78, 5) is 6.75. The molecule has 0 N–H and O–H groups in total. The minimum Gasteiger partial charge on any atom is -0.472 e. The molecule has 1 aliphatic rings. The van der Waals surface area contributed by atoms with Gasteiger partial charge in [-0.15, -0.1) is 11.3 Å². The lowest BCUT2D eigenvalue weighted by Gasteiger charge is -2.28. The van der Waals surface area contributed by atoms with Crippen molar-refractivity contribution in [2.45, 2.75) is 37.1 Å². The number of thiazole rings is 1. The summed E-state index contributed by atoms with van der Waals surface area (Å²) in [7, 11) is -1.00. The van der Waals surface area contributed by atoms with Crippen molar-refractivity contribution in [1.29, 1.82) is 0 Å². The molecule has 1 fully saturated rings. The molecule has 22 heavy (non-hydrogen) atoms. The first-order valence-corrected chi connectivity index (χ1v) is 10.1. The van der Waals surface area contributed by atoms with Crippen molar-refractivity contribution in [3.8, 4) is 10.6 Å². The monoisotopic (exact) mass is 340 g/mol. The van der Waals surface area contributed by atoms with Crippen molar-refractivity contribution in [1.82, 2.24) is 9.88 Å². The van der Waals surface area contributed by atoms with Gasteiger partial charge in [0, 0.05) is 29.8 Å². The van der Waals surface area contributed by atoms with Crippen LogP contribution in [0.2, 0.25) is 0 Å². The lowest BCUT2D eigenvalue weighted by Crippen LogP contribution is -2.40. The molecule has 2 atom stereocenters. The van der Waals surface area contributed by atoms with Gasteiger partial charge in [-0.25, -0.2) is 13.4 Å². The van der Waals surface area contributed by atoms with E-state index >= 15 is 0 Å². The Balaban J connectivity index is 1.70. The first-order chi connectivity index (χ1) is 10.4. The van der Waals surface area contributed by atoms with Crippen LogP contribution in [0.15, 0.2) is 28.4 Å². The Morgan fingerprint density at radius 2 is 2.27 bits per heavy atom. The average Bonchev–Trinajstić information content (AvgIpc) is 3.19. The fourth-order valence-electron chi connectivity index (χ4n) is 3.18. The SMILES string of the molecule is CN(Cc1csc(-c2ccoc2)n1)[C@H]1CCC[C@H]1S(C)(=O)=O. The van der Waals surface area contributed by atoms with Crippen LogP contribution in [0.1, 0.15) is 25.0 Å². The molecular formula is C15H20N2O3S2. The zero-order chi connectivity index (χ0) is 15.7. The van der Waals surface area contributed by atoms with Crippen LogP contribution in [0, 0.1) is 0 Å². The van der Waals surface area contributed by atoms with Crippen LogP contribution in [-0.2, 0) is 16.4 Å². The molecule has 0 radical (unpaired) electrons. The van der Waals surface area contributed by atoms with Gasteiger partial charge in [0.1, 0.15) is 11.3 Å². The van der Waals surface area contributed by atoms with E-state index in [2.05, 4.69) is 9.88 Å². The van der Waals surface area contributed by atoms with Gasteiger partial charge < -0.3 is 4.42 Å². The van der Waals surface area contributed by atoms with Crippen LogP contribution < -0.4 is 0 Å². The van der Waals surface area contributed by atoms with E-state index in [-0.39, 0.29) is 11.3 Å². The number of aromatic nitrogens is 1. The topological polar surface area (TPSA) is 63.4 Å². The summed E-state index contributed by atoms with van der Waals surface area (Å²) >= 11 is 1.58. The second-order valence-electron chi connectivity index (χ2n) is 5.94. The maximum atomic E-state index is 11.9. The molecule has 3 rings (SSSR count). The molecule has 0 spiro atoms. The molecule has 1 saturated carbocycles. The van der Waals surface area contributed by atoms with E-state index in [1.165, 1.54) is 6.26 Å². The van der Waals surface area contributed by atoms with Gasteiger partial charge >= 0.3 is 0 Å². The van der Waals surface area contributed by atoms with E-state index in [1.807, 2.05) is 18.5 Å². The summed E-state index contributed by atoms with van der Waals surface area (Å²) in [6.45, 7) is 0.672. The van der Waals surface area contributed by atoms with Crippen LogP contribution in [0.3, 0.4) is 0 Å². The van der Waals surface area contributed by atoms with E-state index in [1.54, 1.807) is 23.9 Å².